The van der Waals surface area contributed by atoms with Crippen molar-refractivity contribution < 1.29 is 14.3 Å². The predicted octanol–water partition coefficient (Wildman–Crippen LogP) is 4.75. The molecule has 0 aromatic heterocycles. The first-order valence-corrected chi connectivity index (χ1v) is 13.8. The quantitative estimate of drug-likeness (QED) is 0.574. The van der Waals surface area contributed by atoms with Gasteiger partial charge in [-0.15, -0.1) is 5.10 Å². The Hall–Kier alpha value is -2.06. The highest BCUT2D eigenvalue weighted by atomic mass is 32.2. The molecule has 0 spiro atoms. The lowest BCUT2D eigenvalue weighted by Gasteiger charge is -2.28. The van der Waals surface area contributed by atoms with Gasteiger partial charge in [-0.05, 0) is 42.7 Å². The molecule has 1 aliphatic carbocycles. The summed E-state index contributed by atoms with van der Waals surface area (Å²) in [6.45, 7) is 7.08. The molecule has 1 fully saturated rings. The SMILES string of the molecule is CC(C)CCC(=O)C1OC(SCCN2CCc3ccccc3C2)=NN1C(=O)NC1CCCCC1. The number of ketones is 1. The Morgan fingerprint density at radius 3 is 2.71 bits per heavy atom. The second-order valence-electron chi connectivity index (χ2n) is 10.0. The van der Waals surface area contributed by atoms with E-state index in [1.54, 1.807) is 0 Å². The van der Waals surface area contributed by atoms with Gasteiger partial charge in [0.25, 0.3) is 11.5 Å². The number of carbonyl (C=O) groups excluding carboxylic acids is 2. The van der Waals surface area contributed by atoms with Gasteiger partial charge in [0, 0.05) is 37.8 Å². The monoisotopic (exact) mass is 486 g/mol. The number of hydrogen-bond acceptors (Lipinski definition) is 6. The minimum atomic E-state index is -0.952. The maximum atomic E-state index is 13.0. The molecule has 34 heavy (non-hydrogen) atoms. The number of hydrogen-bond donors (Lipinski definition) is 1. The number of rotatable bonds is 8. The van der Waals surface area contributed by atoms with Crippen molar-refractivity contribution in [1.82, 2.24) is 15.2 Å². The third kappa shape index (κ3) is 6.75. The van der Waals surface area contributed by atoms with Crippen molar-refractivity contribution in [3.63, 3.8) is 0 Å². The highest BCUT2D eigenvalue weighted by Gasteiger charge is 2.39. The van der Waals surface area contributed by atoms with Gasteiger partial charge < -0.3 is 10.1 Å². The third-order valence-corrected chi connectivity index (χ3v) is 7.66. The molecule has 0 radical (unpaired) electrons. The van der Waals surface area contributed by atoms with Crippen molar-refractivity contribution in [3.05, 3.63) is 35.4 Å². The van der Waals surface area contributed by atoms with Gasteiger partial charge in [0.15, 0.2) is 5.78 Å². The van der Waals surface area contributed by atoms with Crippen molar-refractivity contribution in [2.24, 2.45) is 11.0 Å². The zero-order valence-electron chi connectivity index (χ0n) is 20.5. The molecule has 1 saturated carbocycles. The van der Waals surface area contributed by atoms with Crippen LogP contribution in [-0.4, -0.2) is 58.1 Å². The number of ether oxygens (including phenoxy) is 1. The van der Waals surface area contributed by atoms with Gasteiger partial charge in [-0.3, -0.25) is 9.69 Å². The zero-order chi connectivity index (χ0) is 23.9. The summed E-state index contributed by atoms with van der Waals surface area (Å²) in [7, 11) is 0. The number of carbonyl (C=O) groups is 2. The number of urea groups is 1. The molecule has 1 unspecified atom stereocenters. The van der Waals surface area contributed by atoms with Crippen molar-refractivity contribution in [2.75, 3.05) is 18.8 Å². The lowest BCUT2D eigenvalue weighted by atomic mass is 9.96. The molecule has 1 aromatic rings. The van der Waals surface area contributed by atoms with E-state index in [1.807, 2.05) is 0 Å². The van der Waals surface area contributed by atoms with E-state index in [0.717, 1.165) is 63.9 Å². The second kappa shape index (κ2) is 12.1. The van der Waals surface area contributed by atoms with E-state index < -0.39 is 6.23 Å². The van der Waals surface area contributed by atoms with Crippen molar-refractivity contribution >= 4 is 28.8 Å². The van der Waals surface area contributed by atoms with Crippen LogP contribution in [0.4, 0.5) is 4.79 Å². The summed E-state index contributed by atoms with van der Waals surface area (Å²) in [6, 6.07) is 8.46. The second-order valence-corrected chi connectivity index (χ2v) is 11.1. The van der Waals surface area contributed by atoms with Gasteiger partial charge in [0.2, 0.25) is 0 Å². The third-order valence-electron chi connectivity index (χ3n) is 6.85. The minimum Gasteiger partial charge on any atom is -0.438 e. The molecule has 2 heterocycles. The Bertz CT molecular complexity index is 885. The largest absolute Gasteiger partial charge is 0.438 e. The minimum absolute atomic E-state index is 0.0838. The fourth-order valence-corrected chi connectivity index (χ4v) is 5.60. The van der Waals surface area contributed by atoms with Gasteiger partial charge >= 0.3 is 6.03 Å². The summed E-state index contributed by atoms with van der Waals surface area (Å²) in [4.78, 5) is 28.3. The Balaban J connectivity index is 1.32. The molecule has 0 saturated heterocycles. The van der Waals surface area contributed by atoms with Gasteiger partial charge in [0.05, 0.1) is 0 Å². The molecule has 186 valence electrons. The van der Waals surface area contributed by atoms with Crippen LogP contribution in [0.5, 0.6) is 0 Å². The number of nitrogens with zero attached hydrogens (tertiary/aromatic N) is 3. The Morgan fingerprint density at radius 1 is 1.18 bits per heavy atom. The maximum Gasteiger partial charge on any atom is 0.341 e. The van der Waals surface area contributed by atoms with E-state index >= 15 is 0 Å². The van der Waals surface area contributed by atoms with Gasteiger partial charge in [0.1, 0.15) is 0 Å². The normalized spacial score (nSPS) is 21.2. The standard InChI is InChI=1S/C26H38N4O3S/c1-19(2)12-13-23(31)24-30(25(32)27-22-10-4-3-5-11-22)28-26(33-24)34-17-16-29-15-14-20-8-6-7-9-21(20)18-29/h6-9,19,22,24H,3-5,10-18H2,1-2H3,(H,27,32). The van der Waals surface area contributed by atoms with E-state index in [1.165, 1.54) is 34.3 Å². The van der Waals surface area contributed by atoms with Gasteiger partial charge in [-0.25, -0.2) is 4.79 Å². The summed E-state index contributed by atoms with van der Waals surface area (Å²) >= 11 is 1.48. The number of benzene rings is 1. The van der Waals surface area contributed by atoms with Crippen molar-refractivity contribution in [1.29, 1.82) is 0 Å². The average molecular weight is 487 g/mol. The van der Waals surface area contributed by atoms with Crippen LogP contribution in [0.15, 0.2) is 29.4 Å². The number of thioether (sulfide) groups is 1. The fraction of sp³-hybridized carbons (Fsp3) is 0.654. The summed E-state index contributed by atoms with van der Waals surface area (Å²) in [5.74, 6) is 1.13. The summed E-state index contributed by atoms with van der Waals surface area (Å²) in [5.41, 5.74) is 2.84. The molecule has 4 rings (SSSR count). The Morgan fingerprint density at radius 2 is 1.94 bits per heavy atom. The number of Topliss-reactive ketones (excluding diaryl/α,β-unsaturated/α-hetero) is 1. The van der Waals surface area contributed by atoms with Crippen LogP contribution in [0.25, 0.3) is 0 Å². The molecular formula is C26H38N4O3S. The molecular weight excluding hydrogens is 448 g/mol. The van der Waals surface area contributed by atoms with E-state index in [4.69, 9.17) is 4.74 Å². The summed E-state index contributed by atoms with van der Waals surface area (Å²) in [6.07, 6.45) is 6.72. The van der Waals surface area contributed by atoms with E-state index in [9.17, 15) is 9.59 Å². The first-order chi connectivity index (χ1) is 16.5. The van der Waals surface area contributed by atoms with Crippen LogP contribution >= 0.6 is 11.8 Å². The number of hydrazone groups is 1. The van der Waals surface area contributed by atoms with Crippen LogP contribution in [0, 0.1) is 5.92 Å². The van der Waals surface area contributed by atoms with Gasteiger partial charge in [-0.1, -0.05) is 69.1 Å². The first kappa shape index (κ1) is 25.0. The highest BCUT2D eigenvalue weighted by Crippen LogP contribution is 2.25. The van der Waals surface area contributed by atoms with Crippen LogP contribution in [0.3, 0.4) is 0 Å². The lowest BCUT2D eigenvalue weighted by molar-refractivity contribution is -0.131. The molecule has 8 heteroatoms. The molecule has 0 bridgehead atoms. The fourth-order valence-electron chi connectivity index (χ4n) is 4.78. The van der Waals surface area contributed by atoms with E-state index in [0.29, 0.717) is 17.6 Å². The zero-order valence-corrected chi connectivity index (χ0v) is 21.3. The molecule has 7 nitrogen and oxygen atoms in total. The Labute approximate surface area is 207 Å². The summed E-state index contributed by atoms with van der Waals surface area (Å²) in [5, 5.41) is 9.18. The number of fused-ring (bicyclic) bond motifs is 1. The summed E-state index contributed by atoms with van der Waals surface area (Å²) < 4.78 is 5.93. The van der Waals surface area contributed by atoms with Crippen LogP contribution in [-0.2, 0) is 22.5 Å². The van der Waals surface area contributed by atoms with Crippen LogP contribution in [0.1, 0.15) is 69.9 Å². The smallest absolute Gasteiger partial charge is 0.341 e. The number of amides is 2. The Kier molecular flexibility index (Phi) is 8.89. The first-order valence-electron chi connectivity index (χ1n) is 12.8. The molecule has 1 N–H and O–H groups in total. The van der Waals surface area contributed by atoms with E-state index in [2.05, 4.69) is 53.4 Å². The van der Waals surface area contributed by atoms with Crippen LogP contribution in [0.2, 0.25) is 0 Å². The average Bonchev–Trinajstić information content (AvgIpc) is 3.27. The van der Waals surface area contributed by atoms with E-state index in [-0.39, 0.29) is 17.9 Å². The highest BCUT2D eigenvalue weighted by molar-refractivity contribution is 8.13. The van der Waals surface area contributed by atoms with Crippen molar-refractivity contribution in [3.8, 4) is 0 Å². The molecule has 3 aliphatic rings. The lowest BCUT2D eigenvalue weighted by Crippen LogP contribution is -2.48. The van der Waals surface area contributed by atoms with Crippen molar-refractivity contribution in [2.45, 2.75) is 84.0 Å². The van der Waals surface area contributed by atoms with Gasteiger partial charge in [-0.2, -0.15) is 5.01 Å². The topological polar surface area (TPSA) is 74.2 Å². The maximum absolute atomic E-state index is 13.0. The predicted molar refractivity (Wildman–Crippen MR) is 137 cm³/mol. The molecule has 2 aliphatic heterocycles. The molecule has 2 amide bonds. The van der Waals surface area contributed by atoms with Crippen LogP contribution < -0.4 is 5.32 Å². The number of nitrogens with one attached hydrogen (secondary N) is 1. The molecule has 1 atom stereocenters. The molecule has 1 aromatic carbocycles.